The average molecular weight is 396 g/mol. The largest absolute Gasteiger partial charge is 0.376 e. The van der Waals surface area contributed by atoms with Gasteiger partial charge < -0.3 is 19.5 Å². The molecule has 1 saturated heterocycles. The minimum Gasteiger partial charge on any atom is -0.376 e. The summed E-state index contributed by atoms with van der Waals surface area (Å²) < 4.78 is 7.52. The quantitative estimate of drug-likeness (QED) is 0.815. The van der Waals surface area contributed by atoms with Gasteiger partial charge in [0.25, 0.3) is 11.8 Å². The average Bonchev–Trinajstić information content (AvgIpc) is 3.41. The molecule has 1 unspecified atom stereocenters. The van der Waals surface area contributed by atoms with Gasteiger partial charge in [0.05, 0.1) is 11.8 Å². The molecule has 0 radical (unpaired) electrons. The van der Waals surface area contributed by atoms with E-state index in [1.807, 2.05) is 41.8 Å². The Hall–Kier alpha value is -2.67. The molecular weight excluding hydrogens is 368 g/mol. The van der Waals surface area contributed by atoms with Gasteiger partial charge in [0.1, 0.15) is 0 Å². The fourth-order valence-electron chi connectivity index (χ4n) is 4.16. The lowest BCUT2D eigenvalue weighted by atomic mass is 10.1. The molecule has 2 amide bonds. The number of para-hydroxylation sites is 1. The number of aromatic nitrogens is 2. The second kappa shape index (κ2) is 8.78. The smallest absolute Gasteiger partial charge is 0.287 e. The van der Waals surface area contributed by atoms with Crippen molar-refractivity contribution in [2.45, 2.75) is 51.7 Å². The summed E-state index contributed by atoms with van der Waals surface area (Å²) in [6.07, 6.45) is 4.82. The van der Waals surface area contributed by atoms with Crippen molar-refractivity contribution in [3.63, 3.8) is 0 Å². The van der Waals surface area contributed by atoms with E-state index in [2.05, 4.69) is 10.3 Å². The Bertz CT molecular complexity index is 872. The zero-order valence-electron chi connectivity index (χ0n) is 16.9. The fourth-order valence-corrected chi connectivity index (χ4v) is 4.16. The number of fused-ring (bicyclic) bond motifs is 1. The normalized spacial score (nSPS) is 18.3. The molecule has 7 nitrogen and oxygen atoms in total. The van der Waals surface area contributed by atoms with Crippen LogP contribution in [0.15, 0.2) is 30.3 Å². The van der Waals surface area contributed by atoms with Gasteiger partial charge in [-0.05, 0) is 51.2 Å². The van der Waals surface area contributed by atoms with E-state index in [0.29, 0.717) is 24.6 Å². The van der Waals surface area contributed by atoms with Crippen molar-refractivity contribution in [3.05, 3.63) is 47.5 Å². The van der Waals surface area contributed by atoms with Crippen molar-refractivity contribution in [1.82, 2.24) is 14.9 Å². The molecule has 3 heterocycles. The third-order valence-corrected chi connectivity index (χ3v) is 5.67. The van der Waals surface area contributed by atoms with Crippen LogP contribution in [0.3, 0.4) is 0 Å². The van der Waals surface area contributed by atoms with Gasteiger partial charge in [-0.15, -0.1) is 0 Å². The topological polar surface area (TPSA) is 76.5 Å². The molecule has 2 aliphatic heterocycles. The van der Waals surface area contributed by atoms with Crippen molar-refractivity contribution in [2.75, 3.05) is 24.6 Å². The number of carbonyl (C=O) groups excluding carboxylic acids is 2. The molecule has 1 N–H and O–H groups in total. The third kappa shape index (κ3) is 4.05. The zero-order chi connectivity index (χ0) is 20.2. The highest BCUT2D eigenvalue weighted by molar-refractivity contribution is 6.06. The molecule has 29 heavy (non-hydrogen) atoms. The van der Waals surface area contributed by atoms with Crippen LogP contribution in [0, 0.1) is 0 Å². The summed E-state index contributed by atoms with van der Waals surface area (Å²) in [4.78, 5) is 32.5. The molecule has 154 valence electrons. The molecular formula is C22H28N4O3. The predicted molar refractivity (Wildman–Crippen MR) is 110 cm³/mol. The Labute approximate surface area is 171 Å². The summed E-state index contributed by atoms with van der Waals surface area (Å²) in [5, 5.41) is 2.95. The number of anilines is 1. The van der Waals surface area contributed by atoms with E-state index in [9.17, 15) is 9.59 Å². The number of rotatable bonds is 6. The standard InChI is InChI=1S/C22H28N4O3/c1-2-25(16-9-4-3-5-10-16)22(28)19-18-12-6-7-13-26(18)20(24-19)21(27)23-15-17-11-8-14-29-17/h3-5,9-10,17H,2,6-8,11-15H2,1H3,(H,23,27). The first-order chi connectivity index (χ1) is 14.2. The number of benzene rings is 1. The summed E-state index contributed by atoms with van der Waals surface area (Å²) in [6, 6.07) is 9.59. The third-order valence-electron chi connectivity index (χ3n) is 5.67. The van der Waals surface area contributed by atoms with E-state index in [0.717, 1.165) is 56.6 Å². The van der Waals surface area contributed by atoms with E-state index >= 15 is 0 Å². The molecule has 1 aromatic carbocycles. The molecule has 0 bridgehead atoms. The Morgan fingerprint density at radius 3 is 2.79 bits per heavy atom. The second-order valence-corrected chi connectivity index (χ2v) is 7.57. The van der Waals surface area contributed by atoms with E-state index in [4.69, 9.17) is 4.74 Å². The van der Waals surface area contributed by atoms with Gasteiger partial charge in [0, 0.05) is 31.9 Å². The maximum Gasteiger partial charge on any atom is 0.287 e. The van der Waals surface area contributed by atoms with E-state index < -0.39 is 0 Å². The van der Waals surface area contributed by atoms with Crippen molar-refractivity contribution >= 4 is 17.5 Å². The lowest BCUT2D eigenvalue weighted by Crippen LogP contribution is -2.34. The number of hydrogen-bond donors (Lipinski definition) is 1. The summed E-state index contributed by atoms with van der Waals surface area (Å²) in [5.74, 6) is -0.0434. The van der Waals surface area contributed by atoms with E-state index in [1.54, 1.807) is 4.90 Å². The monoisotopic (exact) mass is 396 g/mol. The molecule has 0 saturated carbocycles. The van der Waals surface area contributed by atoms with E-state index in [-0.39, 0.29) is 17.9 Å². The number of hydrogen-bond acceptors (Lipinski definition) is 4. The zero-order valence-corrected chi connectivity index (χ0v) is 16.9. The summed E-state index contributed by atoms with van der Waals surface area (Å²) in [6.45, 7) is 4.44. The lowest BCUT2D eigenvalue weighted by Gasteiger charge is -2.22. The Kier molecular flexibility index (Phi) is 5.94. The maximum absolute atomic E-state index is 13.3. The highest BCUT2D eigenvalue weighted by atomic mass is 16.5. The minimum absolute atomic E-state index is 0.0736. The van der Waals surface area contributed by atoms with Gasteiger partial charge in [-0.1, -0.05) is 18.2 Å². The van der Waals surface area contributed by atoms with E-state index in [1.165, 1.54) is 0 Å². The van der Waals surface area contributed by atoms with Gasteiger partial charge in [-0.25, -0.2) is 4.98 Å². The van der Waals surface area contributed by atoms with Gasteiger partial charge >= 0.3 is 0 Å². The Balaban J connectivity index is 1.60. The molecule has 4 rings (SSSR count). The van der Waals surface area contributed by atoms with Crippen LogP contribution in [0.4, 0.5) is 5.69 Å². The van der Waals surface area contributed by atoms with Gasteiger partial charge in [-0.2, -0.15) is 0 Å². The maximum atomic E-state index is 13.3. The second-order valence-electron chi connectivity index (χ2n) is 7.57. The molecule has 2 aromatic rings. The van der Waals surface area contributed by atoms with Gasteiger partial charge in [-0.3, -0.25) is 9.59 Å². The first-order valence-corrected chi connectivity index (χ1v) is 10.5. The van der Waals surface area contributed by atoms with Crippen LogP contribution < -0.4 is 10.2 Å². The number of ether oxygens (including phenoxy) is 1. The predicted octanol–water partition coefficient (Wildman–Crippen LogP) is 2.79. The highest BCUT2D eigenvalue weighted by Gasteiger charge is 2.30. The summed E-state index contributed by atoms with van der Waals surface area (Å²) in [7, 11) is 0. The van der Waals surface area contributed by atoms with Crippen LogP contribution in [0.2, 0.25) is 0 Å². The first-order valence-electron chi connectivity index (χ1n) is 10.5. The number of carbonyl (C=O) groups is 2. The number of amides is 2. The van der Waals surface area contributed by atoms with Gasteiger partial charge in [0.2, 0.25) is 0 Å². The van der Waals surface area contributed by atoms with Crippen LogP contribution in [0.5, 0.6) is 0 Å². The lowest BCUT2D eigenvalue weighted by molar-refractivity contribution is 0.0845. The van der Waals surface area contributed by atoms with Gasteiger partial charge in [0.15, 0.2) is 11.5 Å². The molecule has 2 aliphatic rings. The fraction of sp³-hybridized carbons (Fsp3) is 0.500. The number of nitrogens with one attached hydrogen (secondary N) is 1. The van der Waals surface area contributed by atoms with Crippen LogP contribution >= 0.6 is 0 Å². The van der Waals surface area contributed by atoms with Crippen LogP contribution in [-0.2, 0) is 17.7 Å². The van der Waals surface area contributed by atoms with Crippen LogP contribution in [0.1, 0.15) is 59.4 Å². The summed E-state index contributed by atoms with van der Waals surface area (Å²) in [5.41, 5.74) is 2.11. The van der Waals surface area contributed by atoms with Crippen molar-refractivity contribution in [1.29, 1.82) is 0 Å². The highest BCUT2D eigenvalue weighted by Crippen LogP contribution is 2.24. The minimum atomic E-state index is -0.231. The molecule has 7 heteroatoms. The molecule has 0 spiro atoms. The van der Waals surface area contributed by atoms with Crippen LogP contribution in [0.25, 0.3) is 0 Å². The number of nitrogens with zero attached hydrogens (tertiary/aromatic N) is 3. The molecule has 1 atom stereocenters. The SMILES string of the molecule is CCN(C(=O)c1nc(C(=O)NCC2CCCO2)n2c1CCCC2)c1ccccc1. The molecule has 1 fully saturated rings. The molecule has 1 aromatic heterocycles. The Morgan fingerprint density at radius 1 is 1.24 bits per heavy atom. The summed E-state index contributed by atoms with van der Waals surface area (Å²) >= 11 is 0. The van der Waals surface area contributed by atoms with Crippen molar-refractivity contribution in [2.24, 2.45) is 0 Å². The number of imidazole rings is 1. The molecule has 0 aliphatic carbocycles. The first kappa shape index (κ1) is 19.6. The van der Waals surface area contributed by atoms with Crippen molar-refractivity contribution in [3.8, 4) is 0 Å². The Morgan fingerprint density at radius 2 is 2.07 bits per heavy atom. The van der Waals surface area contributed by atoms with Crippen LogP contribution in [-0.4, -0.2) is 47.2 Å². The van der Waals surface area contributed by atoms with Crippen molar-refractivity contribution < 1.29 is 14.3 Å².